The topological polar surface area (TPSA) is 70.0 Å². The number of allylic oxidation sites excluding steroid dienone is 2. The number of hydrogen-bond acceptors (Lipinski definition) is 4. The number of carboxylic acid groups (broad SMARTS) is 1. The first-order valence-electron chi connectivity index (χ1n) is 13.2. The summed E-state index contributed by atoms with van der Waals surface area (Å²) in [5, 5.41) is 19.9. The molecule has 1 aliphatic heterocycles. The third-order valence-corrected chi connectivity index (χ3v) is 7.48. The van der Waals surface area contributed by atoms with Crippen molar-refractivity contribution < 1.29 is 19.7 Å². The lowest BCUT2D eigenvalue weighted by Gasteiger charge is -2.38. The van der Waals surface area contributed by atoms with Crippen LogP contribution in [0.5, 0.6) is 0 Å². The fourth-order valence-corrected chi connectivity index (χ4v) is 5.69. The van der Waals surface area contributed by atoms with Crippen LogP contribution in [0.3, 0.4) is 0 Å². The molecule has 4 atom stereocenters. The second-order valence-electron chi connectivity index (χ2n) is 9.95. The predicted octanol–water partition coefficient (Wildman–Crippen LogP) is 5.68. The molecule has 0 radical (unpaired) electrons. The van der Waals surface area contributed by atoms with Crippen molar-refractivity contribution in [1.82, 2.24) is 4.90 Å². The van der Waals surface area contributed by atoms with E-state index in [0.717, 1.165) is 31.5 Å². The molecular formula is C30H39NO4. The molecule has 35 heavy (non-hydrogen) atoms. The Morgan fingerprint density at radius 1 is 0.943 bits per heavy atom. The summed E-state index contributed by atoms with van der Waals surface area (Å²) in [5.41, 5.74) is 3.55. The Kier molecular flexibility index (Phi) is 9.52. The van der Waals surface area contributed by atoms with Crippen LogP contribution in [0.1, 0.15) is 56.9 Å². The zero-order valence-corrected chi connectivity index (χ0v) is 20.6. The first-order chi connectivity index (χ1) is 17.1. The number of likely N-dealkylation sites (tertiary alicyclic amines) is 1. The Bertz CT molecular complexity index is 937. The van der Waals surface area contributed by atoms with Gasteiger partial charge in [-0.15, -0.1) is 0 Å². The van der Waals surface area contributed by atoms with E-state index in [0.29, 0.717) is 19.4 Å². The molecule has 5 nitrogen and oxygen atoms in total. The lowest BCUT2D eigenvalue weighted by atomic mass is 9.92. The number of ether oxygens (including phenoxy) is 1. The summed E-state index contributed by atoms with van der Waals surface area (Å²) in [4.78, 5) is 13.2. The lowest BCUT2D eigenvalue weighted by molar-refractivity contribution is -0.136. The third kappa shape index (κ3) is 7.26. The summed E-state index contributed by atoms with van der Waals surface area (Å²) in [6, 6.07) is 19.1. The third-order valence-electron chi connectivity index (χ3n) is 7.48. The predicted molar refractivity (Wildman–Crippen MR) is 139 cm³/mol. The van der Waals surface area contributed by atoms with E-state index in [1.54, 1.807) is 0 Å². The highest BCUT2D eigenvalue weighted by Gasteiger charge is 2.45. The molecule has 1 heterocycles. The van der Waals surface area contributed by atoms with Crippen molar-refractivity contribution in [2.24, 2.45) is 5.92 Å². The maximum absolute atomic E-state index is 11.0. The van der Waals surface area contributed by atoms with Gasteiger partial charge in [-0.3, -0.25) is 9.69 Å². The van der Waals surface area contributed by atoms with Crippen LogP contribution in [0.4, 0.5) is 0 Å². The van der Waals surface area contributed by atoms with Gasteiger partial charge in [0.2, 0.25) is 0 Å². The number of carbonyl (C=O) groups is 1. The molecule has 0 aromatic heterocycles. The second-order valence-corrected chi connectivity index (χ2v) is 9.95. The zero-order valence-electron chi connectivity index (χ0n) is 20.6. The molecule has 2 fully saturated rings. The first kappa shape index (κ1) is 25.6. The van der Waals surface area contributed by atoms with Crippen LogP contribution in [0, 0.1) is 5.92 Å². The van der Waals surface area contributed by atoms with Crippen LogP contribution in [0.25, 0.3) is 11.1 Å². The van der Waals surface area contributed by atoms with E-state index in [2.05, 4.69) is 59.5 Å². The normalized spacial score (nSPS) is 25.3. The number of aliphatic carboxylic acids is 1. The second kappa shape index (κ2) is 13.0. The molecule has 2 aromatic rings. The Balaban J connectivity index is 1.37. The van der Waals surface area contributed by atoms with Gasteiger partial charge < -0.3 is 14.9 Å². The molecule has 2 aliphatic rings. The van der Waals surface area contributed by atoms with Crippen LogP contribution >= 0.6 is 0 Å². The molecule has 1 aliphatic carbocycles. The van der Waals surface area contributed by atoms with Crippen LogP contribution in [0.15, 0.2) is 66.7 Å². The molecule has 2 aromatic carbocycles. The molecule has 2 N–H and O–H groups in total. The Labute approximate surface area is 209 Å². The zero-order chi connectivity index (χ0) is 24.5. The summed E-state index contributed by atoms with van der Waals surface area (Å²) in [6.45, 7) is 2.66. The molecule has 0 unspecified atom stereocenters. The molecule has 0 bridgehead atoms. The van der Waals surface area contributed by atoms with Gasteiger partial charge in [-0.2, -0.15) is 0 Å². The fraction of sp³-hybridized carbons (Fsp3) is 0.500. The molecule has 1 saturated carbocycles. The number of rotatable bonds is 11. The fourth-order valence-electron chi connectivity index (χ4n) is 5.69. The summed E-state index contributed by atoms with van der Waals surface area (Å²) < 4.78 is 6.46. The van der Waals surface area contributed by atoms with E-state index in [1.165, 1.54) is 30.4 Å². The highest BCUT2D eigenvalue weighted by atomic mass is 16.5. The van der Waals surface area contributed by atoms with Crippen LogP contribution in [-0.4, -0.2) is 52.4 Å². The Morgan fingerprint density at radius 2 is 1.63 bits per heavy atom. The number of aliphatic hydroxyl groups excluding tert-OH is 1. The van der Waals surface area contributed by atoms with Gasteiger partial charge in [-0.25, -0.2) is 0 Å². The standard InChI is InChI=1S/C30H39NO4/c32-27-21-28(35-22-23-15-17-25(18-16-23)24-11-5-3-6-12-24)26(13-7-1-2-8-14-29(33)34)30(27)31-19-9-4-10-20-31/h1-3,5-6,11-12,15-18,26-28,30,32H,4,7-10,13-14,19-22H2,(H,33,34)/t26-,27-,28-,30-/m0/s1. The van der Waals surface area contributed by atoms with Crippen molar-refractivity contribution in [2.45, 2.75) is 76.2 Å². The number of carboxylic acids is 1. The largest absolute Gasteiger partial charge is 0.481 e. The van der Waals surface area contributed by atoms with Gasteiger partial charge in [0.1, 0.15) is 0 Å². The number of benzene rings is 2. The molecule has 188 valence electrons. The molecular weight excluding hydrogens is 438 g/mol. The highest BCUT2D eigenvalue weighted by molar-refractivity contribution is 5.66. The summed E-state index contributed by atoms with van der Waals surface area (Å²) in [6.07, 6.45) is 10.6. The molecule has 1 saturated heterocycles. The number of hydrogen-bond donors (Lipinski definition) is 2. The number of nitrogens with zero attached hydrogens (tertiary/aromatic N) is 1. The Morgan fingerprint density at radius 3 is 2.34 bits per heavy atom. The van der Waals surface area contributed by atoms with Gasteiger partial charge in [0.15, 0.2) is 0 Å². The van der Waals surface area contributed by atoms with Gasteiger partial charge in [-0.05, 0) is 61.9 Å². The molecule has 4 rings (SSSR count). The van der Waals surface area contributed by atoms with E-state index in [-0.39, 0.29) is 30.6 Å². The maximum atomic E-state index is 11.0. The Hall–Kier alpha value is -2.47. The number of piperidine rings is 1. The van der Waals surface area contributed by atoms with Crippen molar-refractivity contribution in [2.75, 3.05) is 13.1 Å². The van der Waals surface area contributed by atoms with Gasteiger partial charge >= 0.3 is 5.97 Å². The van der Waals surface area contributed by atoms with Gasteiger partial charge in [-0.1, -0.05) is 73.2 Å². The summed E-state index contributed by atoms with van der Waals surface area (Å²) >= 11 is 0. The van der Waals surface area contributed by atoms with Crippen molar-refractivity contribution in [3.63, 3.8) is 0 Å². The van der Waals surface area contributed by atoms with Crippen molar-refractivity contribution in [3.05, 3.63) is 72.3 Å². The van der Waals surface area contributed by atoms with Crippen molar-refractivity contribution >= 4 is 5.97 Å². The molecule has 5 heteroatoms. The monoisotopic (exact) mass is 477 g/mol. The van der Waals surface area contributed by atoms with Crippen molar-refractivity contribution in [1.29, 1.82) is 0 Å². The molecule has 0 amide bonds. The van der Waals surface area contributed by atoms with Gasteiger partial charge in [0.05, 0.1) is 18.8 Å². The van der Waals surface area contributed by atoms with E-state index in [9.17, 15) is 9.90 Å². The average molecular weight is 478 g/mol. The van der Waals surface area contributed by atoms with Crippen LogP contribution < -0.4 is 0 Å². The minimum atomic E-state index is -0.760. The first-order valence-corrected chi connectivity index (χ1v) is 13.2. The maximum Gasteiger partial charge on any atom is 0.303 e. The SMILES string of the molecule is O=C(O)CCC=CCC[C@@H]1[C@H](N2CCCCC2)[C@@H](O)C[C@@H]1OCc1ccc(-c2ccccc2)cc1. The van der Waals surface area contributed by atoms with E-state index >= 15 is 0 Å². The van der Waals surface area contributed by atoms with Crippen LogP contribution in [0.2, 0.25) is 0 Å². The van der Waals surface area contributed by atoms with E-state index in [4.69, 9.17) is 9.84 Å². The average Bonchev–Trinajstić information content (AvgIpc) is 3.20. The van der Waals surface area contributed by atoms with Crippen LogP contribution in [-0.2, 0) is 16.1 Å². The smallest absolute Gasteiger partial charge is 0.303 e. The minimum Gasteiger partial charge on any atom is -0.481 e. The highest BCUT2D eigenvalue weighted by Crippen LogP contribution is 2.38. The van der Waals surface area contributed by atoms with E-state index < -0.39 is 5.97 Å². The quantitative estimate of drug-likeness (QED) is 0.408. The van der Waals surface area contributed by atoms with E-state index in [1.807, 2.05) is 12.1 Å². The minimum absolute atomic E-state index is 0.0261. The van der Waals surface area contributed by atoms with Gasteiger partial charge in [0, 0.05) is 24.8 Å². The number of aliphatic hydroxyl groups is 1. The lowest BCUT2D eigenvalue weighted by Crippen LogP contribution is -2.47. The van der Waals surface area contributed by atoms with Crippen molar-refractivity contribution in [3.8, 4) is 11.1 Å². The van der Waals surface area contributed by atoms with Gasteiger partial charge in [0.25, 0.3) is 0 Å². The molecule has 0 spiro atoms. The summed E-state index contributed by atoms with van der Waals surface area (Å²) in [5.74, 6) is -0.486. The summed E-state index contributed by atoms with van der Waals surface area (Å²) in [7, 11) is 0.